The van der Waals surface area contributed by atoms with E-state index < -0.39 is 11.9 Å². The van der Waals surface area contributed by atoms with Crippen molar-refractivity contribution in [1.29, 1.82) is 0 Å². The highest BCUT2D eigenvalue weighted by Gasteiger charge is 2.13. The average molecular weight is 447 g/mol. The van der Waals surface area contributed by atoms with Crippen molar-refractivity contribution in [2.24, 2.45) is 7.05 Å². The van der Waals surface area contributed by atoms with Gasteiger partial charge in [-0.2, -0.15) is 0 Å². The predicted molar refractivity (Wildman–Crippen MR) is 112 cm³/mol. The Hall–Kier alpha value is -4.28. The zero-order chi connectivity index (χ0) is 23.8. The molecule has 0 unspecified atom stereocenters. The highest BCUT2D eigenvalue weighted by Crippen LogP contribution is 2.37. The van der Waals surface area contributed by atoms with Gasteiger partial charge in [0.25, 0.3) is 0 Å². The van der Waals surface area contributed by atoms with Gasteiger partial charge >= 0.3 is 11.9 Å². The zero-order valence-electron chi connectivity index (χ0n) is 17.5. The van der Waals surface area contributed by atoms with Crippen molar-refractivity contribution in [3.8, 4) is 28.5 Å². The Morgan fingerprint density at radius 3 is 2.06 bits per heavy atom. The molecule has 0 atom stereocenters. The molecule has 0 amide bonds. The van der Waals surface area contributed by atoms with E-state index in [0.29, 0.717) is 24.0 Å². The van der Waals surface area contributed by atoms with E-state index in [-0.39, 0.29) is 11.6 Å². The highest BCUT2D eigenvalue weighted by molar-refractivity contribution is 6.27. The molecule has 0 saturated heterocycles. The summed E-state index contributed by atoms with van der Waals surface area (Å²) in [5.41, 5.74) is 2.61. The lowest BCUT2D eigenvalue weighted by molar-refractivity contribution is -0.159. The smallest absolute Gasteiger partial charge is 0.414 e. The topological polar surface area (TPSA) is 143 Å². The van der Waals surface area contributed by atoms with Gasteiger partial charge < -0.3 is 34.7 Å². The van der Waals surface area contributed by atoms with Crippen molar-refractivity contribution in [3.05, 3.63) is 54.0 Å². The van der Waals surface area contributed by atoms with E-state index in [1.807, 2.05) is 11.6 Å². The summed E-state index contributed by atoms with van der Waals surface area (Å²) in [6, 6.07) is 9.73. The number of nitrogens with one attached hydrogen (secondary N) is 1. The number of aromatic hydroxyl groups is 1. The number of rotatable bonds is 6. The second-order valence-corrected chi connectivity index (χ2v) is 6.35. The van der Waals surface area contributed by atoms with Crippen molar-refractivity contribution in [3.63, 3.8) is 0 Å². The third kappa shape index (κ3) is 5.88. The van der Waals surface area contributed by atoms with Crippen LogP contribution >= 0.6 is 0 Å². The summed E-state index contributed by atoms with van der Waals surface area (Å²) in [4.78, 5) is 22.6. The van der Waals surface area contributed by atoms with Gasteiger partial charge in [0.2, 0.25) is 11.7 Å². The number of nitrogens with zero attached hydrogens (tertiary/aromatic N) is 2. The molecule has 0 aliphatic carbocycles. The quantitative estimate of drug-likeness (QED) is 0.419. The number of carbonyl (C=O) groups is 2. The first-order chi connectivity index (χ1) is 15.2. The molecule has 0 saturated carbocycles. The number of anilines is 1. The molecule has 2 aromatic carbocycles. The Balaban J connectivity index is 0.000000534. The molecule has 0 bridgehead atoms. The number of phenols is 1. The highest BCUT2D eigenvalue weighted by atomic mass is 19.1. The largest absolute Gasteiger partial charge is 0.502 e. The number of methoxy groups -OCH3 is 2. The number of imidazole rings is 1. The molecule has 0 aliphatic heterocycles. The molecule has 1 aromatic heterocycles. The summed E-state index contributed by atoms with van der Waals surface area (Å²) >= 11 is 0. The van der Waals surface area contributed by atoms with Gasteiger partial charge in [-0.05, 0) is 42.0 Å². The number of hydrogen-bond donors (Lipinski definition) is 4. The molecule has 3 aromatic rings. The van der Waals surface area contributed by atoms with Crippen molar-refractivity contribution in [2.75, 3.05) is 19.5 Å². The molecule has 0 spiro atoms. The number of ether oxygens (including phenoxy) is 2. The van der Waals surface area contributed by atoms with Gasteiger partial charge in [-0.25, -0.2) is 19.0 Å². The Labute approximate surface area is 182 Å². The molecule has 4 N–H and O–H groups in total. The van der Waals surface area contributed by atoms with E-state index >= 15 is 0 Å². The van der Waals surface area contributed by atoms with Crippen LogP contribution in [0.4, 0.5) is 10.3 Å². The third-order valence-corrected chi connectivity index (χ3v) is 4.30. The lowest BCUT2D eigenvalue weighted by Gasteiger charge is -2.12. The Morgan fingerprint density at radius 2 is 1.59 bits per heavy atom. The van der Waals surface area contributed by atoms with Gasteiger partial charge in [-0.1, -0.05) is 0 Å². The molecule has 3 rings (SSSR count). The van der Waals surface area contributed by atoms with Crippen LogP contribution in [0.3, 0.4) is 0 Å². The van der Waals surface area contributed by atoms with Crippen LogP contribution in [-0.2, 0) is 23.2 Å². The molecule has 32 heavy (non-hydrogen) atoms. The van der Waals surface area contributed by atoms with Crippen LogP contribution in [0.15, 0.2) is 42.6 Å². The summed E-state index contributed by atoms with van der Waals surface area (Å²) < 4.78 is 25.3. The Kier molecular flexibility index (Phi) is 7.99. The first kappa shape index (κ1) is 24.0. The van der Waals surface area contributed by atoms with Gasteiger partial charge in [-0.3, -0.25) is 0 Å². The van der Waals surface area contributed by atoms with Crippen molar-refractivity contribution < 1.29 is 38.8 Å². The monoisotopic (exact) mass is 447 g/mol. The number of carboxylic acids is 2. The van der Waals surface area contributed by atoms with Gasteiger partial charge in [0.15, 0.2) is 11.5 Å². The minimum atomic E-state index is -1.82. The molecule has 170 valence electrons. The van der Waals surface area contributed by atoms with Crippen LogP contribution in [0.5, 0.6) is 17.2 Å². The second kappa shape index (κ2) is 10.7. The maximum atomic E-state index is 13.1. The number of hydrogen-bond acceptors (Lipinski definition) is 7. The normalized spacial score (nSPS) is 10.0. The molecular weight excluding hydrogens is 425 g/mol. The summed E-state index contributed by atoms with van der Waals surface area (Å²) in [5, 5.41) is 28.0. The van der Waals surface area contributed by atoms with E-state index in [1.165, 1.54) is 26.4 Å². The summed E-state index contributed by atoms with van der Waals surface area (Å²) in [6.07, 6.45) is 1.73. The first-order valence-corrected chi connectivity index (χ1v) is 9.09. The van der Waals surface area contributed by atoms with E-state index in [0.717, 1.165) is 16.8 Å². The van der Waals surface area contributed by atoms with E-state index in [1.54, 1.807) is 30.5 Å². The predicted octanol–water partition coefficient (Wildman–Crippen LogP) is 2.72. The number of benzene rings is 2. The Bertz CT molecular complexity index is 1060. The Morgan fingerprint density at radius 1 is 1.06 bits per heavy atom. The minimum absolute atomic E-state index is 0.0330. The van der Waals surface area contributed by atoms with Crippen molar-refractivity contribution in [2.45, 2.75) is 6.54 Å². The van der Waals surface area contributed by atoms with Crippen LogP contribution in [0, 0.1) is 5.82 Å². The minimum Gasteiger partial charge on any atom is -0.502 e. The van der Waals surface area contributed by atoms with Crippen LogP contribution in [0.1, 0.15) is 5.56 Å². The van der Waals surface area contributed by atoms with Gasteiger partial charge in [0, 0.05) is 19.2 Å². The van der Waals surface area contributed by atoms with Gasteiger partial charge in [0.1, 0.15) is 5.82 Å². The van der Waals surface area contributed by atoms with Crippen LogP contribution < -0.4 is 14.8 Å². The maximum absolute atomic E-state index is 13.1. The lowest BCUT2D eigenvalue weighted by Crippen LogP contribution is -2.09. The van der Waals surface area contributed by atoms with E-state index in [4.69, 9.17) is 29.3 Å². The fourth-order valence-corrected chi connectivity index (χ4v) is 2.69. The fourth-order valence-electron chi connectivity index (χ4n) is 2.69. The summed E-state index contributed by atoms with van der Waals surface area (Å²) in [7, 11) is 4.85. The summed E-state index contributed by atoms with van der Waals surface area (Å²) in [6.45, 7) is 0.459. The molecule has 1 heterocycles. The molecular formula is C21H22FN3O7. The molecule has 10 nitrogen and oxygen atoms in total. The number of aromatic nitrogens is 2. The second-order valence-electron chi connectivity index (χ2n) is 6.35. The first-order valence-electron chi connectivity index (χ1n) is 9.09. The molecule has 11 heteroatoms. The van der Waals surface area contributed by atoms with Gasteiger partial charge in [0.05, 0.1) is 26.1 Å². The van der Waals surface area contributed by atoms with E-state index in [9.17, 15) is 9.50 Å². The summed E-state index contributed by atoms with van der Waals surface area (Å²) in [5.74, 6) is -2.61. The number of halogens is 1. The van der Waals surface area contributed by atoms with Crippen LogP contribution in [0.25, 0.3) is 11.3 Å². The number of aliphatic carboxylic acids is 2. The lowest BCUT2D eigenvalue weighted by atomic mass is 10.1. The van der Waals surface area contributed by atoms with Crippen LogP contribution in [-0.4, -0.2) is 51.0 Å². The number of phenolic OH excluding ortho intramolecular Hbond substituents is 1. The zero-order valence-corrected chi connectivity index (χ0v) is 17.5. The van der Waals surface area contributed by atoms with Crippen molar-refractivity contribution >= 4 is 17.9 Å². The third-order valence-electron chi connectivity index (χ3n) is 4.30. The van der Waals surface area contributed by atoms with Crippen LogP contribution in [0.2, 0.25) is 0 Å². The fraction of sp³-hybridized carbons (Fsp3) is 0.190. The van der Waals surface area contributed by atoms with Gasteiger partial charge in [-0.15, -0.1) is 0 Å². The average Bonchev–Trinajstić information content (AvgIpc) is 3.14. The standard InChI is InChI=1S/C19H20FN3O3.C2H2O4/c1-23-15(13-4-6-14(20)7-5-13)11-22-19(23)21-10-12-8-16(25-2)18(24)17(9-12)26-3;3-1(4)2(5)6/h4-9,11,24H,10H2,1-3H3,(H,21,22);(H,3,4)(H,5,6). The maximum Gasteiger partial charge on any atom is 0.414 e. The van der Waals surface area contributed by atoms with E-state index in [2.05, 4.69) is 10.3 Å². The SMILES string of the molecule is COc1cc(CNc2ncc(-c3ccc(F)cc3)n2C)cc(OC)c1O.O=C(O)C(=O)O. The molecule has 0 fully saturated rings. The molecule has 0 aliphatic rings. The molecule has 0 radical (unpaired) electrons. The number of carboxylic acid groups (broad SMARTS) is 2. The van der Waals surface area contributed by atoms with Crippen molar-refractivity contribution in [1.82, 2.24) is 9.55 Å².